The minimum absolute atomic E-state index is 0.224. The largest absolute Gasteiger partial charge is 0.390 e. The van der Waals surface area contributed by atoms with Crippen LogP contribution in [-0.2, 0) is 4.79 Å². The van der Waals surface area contributed by atoms with Crippen LogP contribution in [0.5, 0.6) is 0 Å². The number of hydrogen-bond acceptors (Lipinski definition) is 2. The third-order valence-corrected chi connectivity index (χ3v) is 3.73. The van der Waals surface area contributed by atoms with Gasteiger partial charge in [-0.05, 0) is 12.8 Å². The molecule has 1 fully saturated rings. The van der Waals surface area contributed by atoms with Gasteiger partial charge < -0.3 is 10.6 Å². The fourth-order valence-corrected chi connectivity index (χ4v) is 2.53. The number of amides is 1. The van der Waals surface area contributed by atoms with E-state index in [-0.39, 0.29) is 19.0 Å². The molecule has 0 bridgehead atoms. The van der Waals surface area contributed by atoms with Gasteiger partial charge in [0.1, 0.15) is 0 Å². The van der Waals surface area contributed by atoms with Crippen LogP contribution >= 0.6 is 0 Å². The maximum absolute atomic E-state index is 12.2. The van der Waals surface area contributed by atoms with Crippen molar-refractivity contribution >= 4 is 5.91 Å². The lowest BCUT2D eigenvalue weighted by atomic mass is 9.73. The van der Waals surface area contributed by atoms with Gasteiger partial charge in [-0.3, -0.25) is 4.79 Å². The fraction of sp³-hybridized carbons (Fsp3) is 0.917. The predicted molar refractivity (Wildman–Crippen MR) is 62.9 cm³/mol. The van der Waals surface area contributed by atoms with Crippen molar-refractivity contribution in [1.82, 2.24) is 4.90 Å². The van der Waals surface area contributed by atoms with E-state index in [0.29, 0.717) is 12.8 Å². The Morgan fingerprint density at radius 2 is 1.83 bits per heavy atom. The summed E-state index contributed by atoms with van der Waals surface area (Å²) in [5, 5.41) is 0. The summed E-state index contributed by atoms with van der Waals surface area (Å²) < 4.78 is 36.4. The number of rotatable bonds is 4. The summed E-state index contributed by atoms with van der Waals surface area (Å²) in [7, 11) is 1.43. The molecule has 0 radical (unpaired) electrons. The van der Waals surface area contributed by atoms with Crippen LogP contribution in [-0.4, -0.2) is 37.1 Å². The third-order valence-electron chi connectivity index (χ3n) is 3.73. The zero-order valence-electron chi connectivity index (χ0n) is 10.7. The van der Waals surface area contributed by atoms with Gasteiger partial charge in [-0.2, -0.15) is 13.2 Å². The minimum Gasteiger partial charge on any atom is -0.345 e. The highest BCUT2D eigenvalue weighted by Gasteiger charge is 2.40. The molecule has 106 valence electrons. The first-order valence-electron chi connectivity index (χ1n) is 6.33. The smallest absolute Gasteiger partial charge is 0.345 e. The van der Waals surface area contributed by atoms with Crippen LogP contribution in [0, 0.1) is 5.41 Å². The van der Waals surface area contributed by atoms with Crippen LogP contribution in [0.15, 0.2) is 0 Å². The van der Waals surface area contributed by atoms with E-state index in [4.69, 9.17) is 5.73 Å². The molecule has 3 nitrogen and oxygen atoms in total. The maximum atomic E-state index is 12.2. The molecule has 1 aliphatic rings. The highest BCUT2D eigenvalue weighted by molar-refractivity contribution is 5.82. The van der Waals surface area contributed by atoms with Crippen LogP contribution in [0.2, 0.25) is 0 Å². The molecule has 0 unspecified atom stereocenters. The van der Waals surface area contributed by atoms with Gasteiger partial charge in [-0.1, -0.05) is 19.3 Å². The molecule has 0 aromatic heterocycles. The molecule has 0 atom stereocenters. The molecule has 1 amide bonds. The molecule has 0 aliphatic heterocycles. The Balaban J connectivity index is 2.60. The monoisotopic (exact) mass is 266 g/mol. The van der Waals surface area contributed by atoms with E-state index in [9.17, 15) is 18.0 Å². The number of halogens is 3. The van der Waals surface area contributed by atoms with E-state index in [1.54, 1.807) is 0 Å². The molecule has 1 saturated carbocycles. The average Bonchev–Trinajstić information content (AvgIpc) is 2.35. The molecule has 1 aliphatic carbocycles. The standard InChI is InChI=1S/C12H21F3N2O/c1-17(8-7-12(13,14)15)10(18)11(9-16)5-3-2-4-6-11/h2-9,16H2,1H3. The van der Waals surface area contributed by atoms with Crippen molar-refractivity contribution in [1.29, 1.82) is 0 Å². The summed E-state index contributed by atoms with van der Waals surface area (Å²) in [5.74, 6) is -0.228. The summed E-state index contributed by atoms with van der Waals surface area (Å²) in [6.07, 6.45) is -0.877. The molecule has 0 spiro atoms. The van der Waals surface area contributed by atoms with Crippen molar-refractivity contribution in [3.8, 4) is 0 Å². The zero-order valence-corrected chi connectivity index (χ0v) is 10.7. The van der Waals surface area contributed by atoms with Gasteiger partial charge in [0.2, 0.25) is 5.91 Å². The van der Waals surface area contributed by atoms with Gasteiger partial charge in [0, 0.05) is 20.1 Å². The normalized spacial score (nSPS) is 19.6. The number of carbonyl (C=O) groups excluding carboxylic acids is 1. The lowest BCUT2D eigenvalue weighted by Gasteiger charge is -2.37. The molecule has 2 N–H and O–H groups in total. The van der Waals surface area contributed by atoms with Crippen molar-refractivity contribution in [2.24, 2.45) is 11.1 Å². The summed E-state index contributed by atoms with van der Waals surface area (Å²) in [6, 6.07) is 0. The van der Waals surface area contributed by atoms with E-state index in [1.807, 2.05) is 0 Å². The zero-order chi connectivity index (χ0) is 13.8. The summed E-state index contributed by atoms with van der Waals surface area (Å²) in [4.78, 5) is 13.4. The number of hydrogen-bond donors (Lipinski definition) is 1. The topological polar surface area (TPSA) is 46.3 Å². The Bertz CT molecular complexity index is 286. The second-order valence-corrected chi connectivity index (χ2v) is 5.14. The number of alkyl halides is 3. The second-order valence-electron chi connectivity index (χ2n) is 5.14. The van der Waals surface area contributed by atoms with Crippen LogP contribution in [0.3, 0.4) is 0 Å². The van der Waals surface area contributed by atoms with Gasteiger partial charge in [-0.15, -0.1) is 0 Å². The first-order valence-corrected chi connectivity index (χ1v) is 6.33. The third kappa shape index (κ3) is 3.86. The first kappa shape index (κ1) is 15.3. The number of nitrogens with zero attached hydrogens (tertiary/aromatic N) is 1. The van der Waals surface area contributed by atoms with Crippen molar-refractivity contribution in [2.45, 2.75) is 44.7 Å². The molecule has 18 heavy (non-hydrogen) atoms. The Labute approximate surface area is 106 Å². The number of carbonyl (C=O) groups is 1. The minimum atomic E-state index is -4.23. The highest BCUT2D eigenvalue weighted by Crippen LogP contribution is 2.37. The van der Waals surface area contributed by atoms with Crippen molar-refractivity contribution in [3.05, 3.63) is 0 Å². The van der Waals surface area contributed by atoms with Crippen LogP contribution in [0.25, 0.3) is 0 Å². The van der Waals surface area contributed by atoms with Gasteiger partial charge in [0.05, 0.1) is 11.8 Å². The summed E-state index contributed by atoms with van der Waals surface area (Å²) >= 11 is 0. The SMILES string of the molecule is CN(CCC(F)(F)F)C(=O)C1(CN)CCCCC1. The highest BCUT2D eigenvalue weighted by atomic mass is 19.4. The van der Waals surface area contributed by atoms with Gasteiger partial charge >= 0.3 is 6.18 Å². The Hall–Kier alpha value is -0.780. The van der Waals surface area contributed by atoms with Crippen molar-refractivity contribution in [2.75, 3.05) is 20.1 Å². The Kier molecular flexibility index (Phi) is 5.01. The van der Waals surface area contributed by atoms with Gasteiger partial charge in [0.15, 0.2) is 0 Å². The van der Waals surface area contributed by atoms with E-state index < -0.39 is 18.0 Å². The van der Waals surface area contributed by atoms with Crippen LogP contribution in [0.4, 0.5) is 13.2 Å². The Morgan fingerprint density at radius 3 is 2.28 bits per heavy atom. The van der Waals surface area contributed by atoms with E-state index in [2.05, 4.69) is 0 Å². The van der Waals surface area contributed by atoms with Gasteiger partial charge in [0.25, 0.3) is 0 Å². The maximum Gasteiger partial charge on any atom is 0.390 e. The van der Waals surface area contributed by atoms with E-state index >= 15 is 0 Å². The quantitative estimate of drug-likeness (QED) is 0.848. The number of nitrogens with two attached hydrogens (primary N) is 1. The summed E-state index contributed by atoms with van der Waals surface area (Å²) in [6.45, 7) is -0.0632. The first-order chi connectivity index (χ1) is 8.31. The molecular weight excluding hydrogens is 245 g/mol. The lowest BCUT2D eigenvalue weighted by Crippen LogP contribution is -2.48. The van der Waals surface area contributed by atoms with Crippen LogP contribution < -0.4 is 5.73 Å². The summed E-state index contributed by atoms with van der Waals surface area (Å²) in [5.41, 5.74) is 5.06. The van der Waals surface area contributed by atoms with E-state index in [1.165, 1.54) is 11.9 Å². The molecule has 0 aromatic carbocycles. The molecule has 6 heteroatoms. The van der Waals surface area contributed by atoms with Crippen molar-refractivity contribution < 1.29 is 18.0 Å². The fourth-order valence-electron chi connectivity index (χ4n) is 2.53. The lowest BCUT2D eigenvalue weighted by molar-refractivity contribution is -0.151. The van der Waals surface area contributed by atoms with Crippen LogP contribution in [0.1, 0.15) is 38.5 Å². The average molecular weight is 266 g/mol. The molecule has 0 saturated heterocycles. The molecule has 0 heterocycles. The van der Waals surface area contributed by atoms with Crippen molar-refractivity contribution in [3.63, 3.8) is 0 Å². The second kappa shape index (κ2) is 5.91. The molecular formula is C12H21F3N2O. The predicted octanol–water partition coefficient (Wildman–Crippen LogP) is 2.31. The molecule has 0 aromatic rings. The molecule has 1 rings (SSSR count). The van der Waals surface area contributed by atoms with Gasteiger partial charge in [-0.25, -0.2) is 0 Å². The van der Waals surface area contributed by atoms with E-state index in [0.717, 1.165) is 19.3 Å². The Morgan fingerprint density at radius 1 is 1.28 bits per heavy atom.